The second-order valence-electron chi connectivity index (χ2n) is 7.97. The molecular formula is C22H34N4O. The molecule has 0 spiro atoms. The molecule has 0 saturated carbocycles. The Morgan fingerprint density at radius 3 is 2.00 bits per heavy atom. The van der Waals surface area contributed by atoms with Gasteiger partial charge in [0.05, 0.1) is 0 Å². The molecule has 0 aliphatic rings. The van der Waals surface area contributed by atoms with E-state index in [4.69, 9.17) is 4.74 Å². The summed E-state index contributed by atoms with van der Waals surface area (Å²) >= 11 is 0. The van der Waals surface area contributed by atoms with Crippen LogP contribution in [0.25, 0.3) is 0 Å². The summed E-state index contributed by atoms with van der Waals surface area (Å²) in [6, 6.07) is 4.03. The van der Waals surface area contributed by atoms with E-state index >= 15 is 0 Å². The molecule has 5 heteroatoms. The molecule has 2 aromatic rings. The normalized spacial score (nSPS) is 11.7. The molecule has 2 heterocycles. The van der Waals surface area contributed by atoms with Crippen molar-refractivity contribution >= 4 is 0 Å². The summed E-state index contributed by atoms with van der Waals surface area (Å²) in [5, 5.41) is 0. The Morgan fingerprint density at radius 1 is 0.815 bits per heavy atom. The van der Waals surface area contributed by atoms with Gasteiger partial charge in [-0.3, -0.25) is 0 Å². The topological polar surface area (TPSA) is 60.8 Å². The number of ether oxygens (including phenoxy) is 1. The Labute approximate surface area is 164 Å². The molecular weight excluding hydrogens is 336 g/mol. The van der Waals surface area contributed by atoms with Crippen molar-refractivity contribution in [3.8, 4) is 0 Å². The van der Waals surface area contributed by atoms with E-state index in [1.807, 2.05) is 24.5 Å². The lowest BCUT2D eigenvalue weighted by atomic mass is 9.95. The standard InChI is InChI=1S/C22H34N4O/c1-5-20-23-14-12-18(25-20)10-6-8-16-27-17-9-7-11-19-13-15-24-21(26-19)22(2,3)4/h12-15H,5-11,16-17H2,1-4H3. The van der Waals surface area contributed by atoms with Crippen LogP contribution in [0.5, 0.6) is 0 Å². The smallest absolute Gasteiger partial charge is 0.133 e. The van der Waals surface area contributed by atoms with Crippen LogP contribution in [0.2, 0.25) is 0 Å². The van der Waals surface area contributed by atoms with Crippen LogP contribution in [-0.2, 0) is 29.4 Å². The second kappa shape index (κ2) is 11.1. The van der Waals surface area contributed by atoms with Crippen LogP contribution in [0.1, 0.15) is 76.4 Å². The summed E-state index contributed by atoms with van der Waals surface area (Å²) in [6.45, 7) is 10.2. The molecule has 0 radical (unpaired) electrons. The molecule has 0 saturated heterocycles. The van der Waals surface area contributed by atoms with E-state index in [9.17, 15) is 0 Å². The van der Waals surface area contributed by atoms with Crippen LogP contribution in [0.4, 0.5) is 0 Å². The van der Waals surface area contributed by atoms with Gasteiger partial charge in [0.1, 0.15) is 11.6 Å². The van der Waals surface area contributed by atoms with Gasteiger partial charge in [-0.15, -0.1) is 0 Å². The highest BCUT2D eigenvalue weighted by Gasteiger charge is 2.17. The van der Waals surface area contributed by atoms with Crippen molar-refractivity contribution in [1.29, 1.82) is 0 Å². The predicted octanol–water partition coefficient (Wildman–Crippen LogP) is 4.49. The van der Waals surface area contributed by atoms with Crippen LogP contribution >= 0.6 is 0 Å². The average molecular weight is 371 g/mol. The first-order valence-electron chi connectivity index (χ1n) is 10.2. The third-order valence-electron chi connectivity index (χ3n) is 4.41. The van der Waals surface area contributed by atoms with Crippen LogP contribution < -0.4 is 0 Å². The summed E-state index contributed by atoms with van der Waals surface area (Å²) in [5.74, 6) is 1.85. The van der Waals surface area contributed by atoms with E-state index in [-0.39, 0.29) is 5.41 Å². The Kier molecular flexibility index (Phi) is 8.79. The largest absolute Gasteiger partial charge is 0.381 e. The fourth-order valence-corrected chi connectivity index (χ4v) is 2.77. The number of nitrogens with zero attached hydrogens (tertiary/aromatic N) is 4. The minimum Gasteiger partial charge on any atom is -0.381 e. The van der Waals surface area contributed by atoms with Gasteiger partial charge in [0.25, 0.3) is 0 Å². The molecule has 0 fully saturated rings. The van der Waals surface area contributed by atoms with Crippen molar-refractivity contribution in [1.82, 2.24) is 19.9 Å². The van der Waals surface area contributed by atoms with Crippen LogP contribution in [-0.4, -0.2) is 33.1 Å². The number of aromatic nitrogens is 4. The Balaban J connectivity index is 1.52. The van der Waals surface area contributed by atoms with Crippen molar-refractivity contribution in [2.75, 3.05) is 13.2 Å². The van der Waals surface area contributed by atoms with Crippen LogP contribution in [0.3, 0.4) is 0 Å². The van der Waals surface area contributed by atoms with Gasteiger partial charge in [-0.1, -0.05) is 27.7 Å². The predicted molar refractivity (Wildman–Crippen MR) is 109 cm³/mol. The summed E-state index contributed by atoms with van der Waals surface area (Å²) in [5.41, 5.74) is 2.27. The van der Waals surface area contributed by atoms with Crippen molar-refractivity contribution in [3.63, 3.8) is 0 Å². The molecule has 0 bridgehead atoms. The second-order valence-corrected chi connectivity index (χ2v) is 7.97. The minimum absolute atomic E-state index is 0.00299. The number of rotatable bonds is 11. The molecule has 148 valence electrons. The lowest BCUT2D eigenvalue weighted by Crippen LogP contribution is -2.16. The van der Waals surface area contributed by atoms with Crippen molar-refractivity contribution < 1.29 is 4.74 Å². The maximum Gasteiger partial charge on any atom is 0.133 e. The number of unbranched alkanes of at least 4 members (excludes halogenated alkanes) is 2. The molecule has 0 aliphatic heterocycles. The third kappa shape index (κ3) is 8.12. The van der Waals surface area contributed by atoms with Gasteiger partial charge in [0, 0.05) is 48.8 Å². The Bertz CT molecular complexity index is 682. The highest BCUT2D eigenvalue weighted by molar-refractivity contribution is 5.08. The van der Waals surface area contributed by atoms with Gasteiger partial charge >= 0.3 is 0 Å². The summed E-state index contributed by atoms with van der Waals surface area (Å²) in [4.78, 5) is 17.8. The maximum atomic E-state index is 5.77. The highest BCUT2D eigenvalue weighted by atomic mass is 16.5. The molecule has 0 N–H and O–H groups in total. The molecule has 2 aromatic heterocycles. The van der Waals surface area contributed by atoms with E-state index in [0.717, 1.165) is 81.2 Å². The number of aryl methyl sites for hydroxylation is 3. The van der Waals surface area contributed by atoms with Gasteiger partial charge < -0.3 is 4.74 Å². The van der Waals surface area contributed by atoms with Crippen molar-refractivity contribution in [2.24, 2.45) is 0 Å². The molecule has 0 atom stereocenters. The highest BCUT2D eigenvalue weighted by Crippen LogP contribution is 2.18. The van der Waals surface area contributed by atoms with E-state index < -0.39 is 0 Å². The molecule has 5 nitrogen and oxygen atoms in total. The van der Waals surface area contributed by atoms with Gasteiger partial charge in [0.15, 0.2) is 0 Å². The number of hydrogen-bond acceptors (Lipinski definition) is 5. The first-order valence-corrected chi connectivity index (χ1v) is 10.2. The van der Waals surface area contributed by atoms with E-state index in [0.29, 0.717) is 0 Å². The van der Waals surface area contributed by atoms with Gasteiger partial charge in [0.2, 0.25) is 0 Å². The first kappa shape index (κ1) is 21.4. The van der Waals surface area contributed by atoms with Crippen molar-refractivity contribution in [2.45, 2.75) is 78.1 Å². The zero-order valence-corrected chi connectivity index (χ0v) is 17.4. The third-order valence-corrected chi connectivity index (χ3v) is 4.41. The number of hydrogen-bond donors (Lipinski definition) is 0. The fraction of sp³-hybridized carbons (Fsp3) is 0.636. The maximum absolute atomic E-state index is 5.77. The van der Waals surface area contributed by atoms with E-state index in [1.165, 1.54) is 0 Å². The van der Waals surface area contributed by atoms with Crippen molar-refractivity contribution in [3.05, 3.63) is 47.6 Å². The summed E-state index contributed by atoms with van der Waals surface area (Å²) < 4.78 is 5.77. The van der Waals surface area contributed by atoms with E-state index in [2.05, 4.69) is 47.6 Å². The van der Waals surface area contributed by atoms with Gasteiger partial charge in [-0.2, -0.15) is 0 Å². The summed E-state index contributed by atoms with van der Waals surface area (Å²) in [7, 11) is 0. The lowest BCUT2D eigenvalue weighted by molar-refractivity contribution is 0.126. The zero-order chi connectivity index (χ0) is 19.5. The van der Waals surface area contributed by atoms with Gasteiger partial charge in [-0.05, 0) is 50.7 Å². The van der Waals surface area contributed by atoms with Gasteiger partial charge in [-0.25, -0.2) is 19.9 Å². The molecule has 0 aliphatic carbocycles. The lowest BCUT2D eigenvalue weighted by Gasteiger charge is -2.16. The average Bonchev–Trinajstić information content (AvgIpc) is 2.66. The van der Waals surface area contributed by atoms with E-state index in [1.54, 1.807) is 0 Å². The monoisotopic (exact) mass is 370 g/mol. The van der Waals surface area contributed by atoms with Crippen LogP contribution in [0, 0.1) is 0 Å². The molecule has 0 unspecified atom stereocenters. The Hall–Kier alpha value is -1.88. The minimum atomic E-state index is 0.00299. The SMILES string of the molecule is CCc1nccc(CCCCOCCCCc2ccnc(C(C)(C)C)n2)n1. The molecule has 27 heavy (non-hydrogen) atoms. The quantitative estimate of drug-likeness (QED) is 0.545. The molecule has 0 aromatic carbocycles. The molecule has 0 amide bonds. The fourth-order valence-electron chi connectivity index (χ4n) is 2.77. The summed E-state index contributed by atoms with van der Waals surface area (Å²) in [6.07, 6.45) is 11.0. The molecule has 2 rings (SSSR count). The zero-order valence-electron chi connectivity index (χ0n) is 17.4. The first-order chi connectivity index (χ1) is 13.0. The van der Waals surface area contributed by atoms with Crippen LogP contribution in [0.15, 0.2) is 24.5 Å². The Morgan fingerprint density at radius 2 is 1.41 bits per heavy atom.